The molecular formula is C38H52O12. The van der Waals surface area contributed by atoms with Crippen LogP contribution in [0.15, 0.2) is 11.8 Å². The summed E-state index contributed by atoms with van der Waals surface area (Å²) in [4.78, 5) is 67.2. The van der Waals surface area contributed by atoms with E-state index in [0.717, 1.165) is 0 Å². The molecule has 0 amide bonds. The van der Waals surface area contributed by atoms with E-state index < -0.39 is 123 Å². The van der Waals surface area contributed by atoms with Crippen LogP contribution in [0, 0.1) is 69.5 Å². The van der Waals surface area contributed by atoms with Crippen molar-refractivity contribution in [3.8, 4) is 0 Å². The van der Waals surface area contributed by atoms with E-state index in [1.165, 1.54) is 20.8 Å². The molecule has 6 fully saturated rings. The number of rotatable bonds is 5. The Hall–Kier alpha value is -2.83. The fourth-order valence-electron chi connectivity index (χ4n) is 12.7. The van der Waals surface area contributed by atoms with Crippen LogP contribution < -0.4 is 0 Å². The molecule has 0 aromatic carbocycles. The van der Waals surface area contributed by atoms with Gasteiger partial charge < -0.3 is 34.3 Å². The number of hydrogen-bond acceptors (Lipinski definition) is 12. The molecule has 3 N–H and O–H groups in total. The van der Waals surface area contributed by atoms with E-state index in [1.807, 2.05) is 40.7 Å². The maximum absolute atomic E-state index is 14.6. The normalized spacial score (nSPS) is 52.6. The number of aliphatic hydroxyl groups excluding tert-OH is 1. The van der Waals surface area contributed by atoms with E-state index in [9.17, 15) is 39.3 Å². The number of Topliss-reactive ketones (excluding diaryl/α,β-unsaturated/α-hetero) is 1. The van der Waals surface area contributed by atoms with Crippen molar-refractivity contribution in [2.45, 2.75) is 124 Å². The number of aliphatic hydroxyl groups is 3. The van der Waals surface area contributed by atoms with Crippen LogP contribution >= 0.6 is 0 Å². The summed E-state index contributed by atoms with van der Waals surface area (Å²) in [5.41, 5.74) is -6.71. The molecule has 7 rings (SSSR count). The molecule has 0 bridgehead atoms. The second-order valence-corrected chi connectivity index (χ2v) is 18.0. The van der Waals surface area contributed by atoms with Gasteiger partial charge >= 0.3 is 23.9 Å². The number of hydrogen-bond donors (Lipinski definition) is 3. The Morgan fingerprint density at radius 3 is 2.16 bits per heavy atom. The van der Waals surface area contributed by atoms with Gasteiger partial charge in [-0.2, -0.15) is 0 Å². The standard InChI is InChI=1S/C38H52O12/c1-15(2)10-24(41)50-32-21-14-38(21,46)13-20-29(42)30(43)25-19(34(20,32)6)12-22(47-17(4)39)35(7)26-16(3)11-23-36(8,37(9,45)33(44)49-23)28(26)31(27(25)35)48-18(5)40/h11,15-16,19-22,25-28,30-32,43,45-46H,10,12-14H2,1-9H3/t16-,19?,20-,21-,22+,25-,26+,27-,28+,30-,31-,32+,34-,35-,36+,37-,38-/m1/s1. The van der Waals surface area contributed by atoms with E-state index in [2.05, 4.69) is 0 Å². The molecule has 1 saturated heterocycles. The summed E-state index contributed by atoms with van der Waals surface area (Å²) < 4.78 is 24.5. The first-order valence-corrected chi connectivity index (χ1v) is 18.2. The van der Waals surface area contributed by atoms with Gasteiger partial charge in [-0.1, -0.05) is 34.6 Å². The molecule has 6 aliphatic carbocycles. The van der Waals surface area contributed by atoms with Crippen LogP contribution in [0.3, 0.4) is 0 Å². The summed E-state index contributed by atoms with van der Waals surface area (Å²) in [5.74, 6) is -7.66. The third-order valence-electron chi connectivity index (χ3n) is 15.0. The van der Waals surface area contributed by atoms with Crippen molar-refractivity contribution in [3.05, 3.63) is 11.8 Å². The van der Waals surface area contributed by atoms with Crippen LogP contribution in [-0.4, -0.2) is 80.6 Å². The van der Waals surface area contributed by atoms with Crippen molar-refractivity contribution < 1.29 is 58.2 Å². The molecule has 50 heavy (non-hydrogen) atoms. The highest BCUT2D eigenvalue weighted by molar-refractivity contribution is 5.88. The molecule has 1 unspecified atom stereocenters. The number of allylic oxidation sites excluding steroid dienone is 1. The molecule has 1 aliphatic heterocycles. The lowest BCUT2D eigenvalue weighted by Gasteiger charge is -2.64. The molecule has 12 nitrogen and oxygen atoms in total. The minimum Gasteiger partial charge on any atom is -0.462 e. The minimum atomic E-state index is -2.02. The predicted octanol–water partition coefficient (Wildman–Crippen LogP) is 2.88. The number of ether oxygens (including phenoxy) is 4. The smallest absolute Gasteiger partial charge is 0.343 e. The number of esters is 4. The molecule has 5 saturated carbocycles. The molecule has 7 aliphatic rings. The molecule has 12 heteroatoms. The van der Waals surface area contributed by atoms with E-state index in [1.54, 1.807) is 6.92 Å². The van der Waals surface area contributed by atoms with Gasteiger partial charge in [0.25, 0.3) is 0 Å². The first-order valence-electron chi connectivity index (χ1n) is 18.2. The summed E-state index contributed by atoms with van der Waals surface area (Å²) >= 11 is 0. The lowest BCUT2D eigenvalue weighted by atomic mass is 9.41. The van der Waals surface area contributed by atoms with Crippen LogP contribution in [0.1, 0.15) is 88.0 Å². The lowest BCUT2D eigenvalue weighted by molar-refractivity contribution is -0.243. The third-order valence-corrected chi connectivity index (χ3v) is 15.0. The van der Waals surface area contributed by atoms with Crippen molar-refractivity contribution >= 4 is 29.7 Å². The Balaban J connectivity index is 1.44. The molecular weight excluding hydrogens is 648 g/mol. The highest BCUT2D eigenvalue weighted by Gasteiger charge is 2.82. The van der Waals surface area contributed by atoms with E-state index in [4.69, 9.17) is 18.9 Å². The average molecular weight is 701 g/mol. The van der Waals surface area contributed by atoms with Gasteiger partial charge in [-0.25, -0.2) is 4.79 Å². The maximum atomic E-state index is 14.6. The zero-order valence-corrected chi connectivity index (χ0v) is 30.4. The van der Waals surface area contributed by atoms with Gasteiger partial charge in [0.15, 0.2) is 11.4 Å². The van der Waals surface area contributed by atoms with Gasteiger partial charge in [0.2, 0.25) is 0 Å². The highest BCUT2D eigenvalue weighted by Crippen LogP contribution is 2.76. The monoisotopic (exact) mass is 700 g/mol. The van der Waals surface area contributed by atoms with Crippen molar-refractivity contribution in [1.29, 1.82) is 0 Å². The molecule has 17 atom stereocenters. The second-order valence-electron chi connectivity index (χ2n) is 18.0. The largest absolute Gasteiger partial charge is 0.462 e. The van der Waals surface area contributed by atoms with Crippen LogP contribution in [0.25, 0.3) is 0 Å². The summed E-state index contributed by atoms with van der Waals surface area (Å²) in [5, 5.41) is 35.6. The Bertz CT molecular complexity index is 1580. The molecule has 0 aromatic heterocycles. The van der Waals surface area contributed by atoms with Gasteiger partial charge in [-0.3, -0.25) is 19.2 Å². The van der Waals surface area contributed by atoms with Crippen molar-refractivity contribution in [1.82, 2.24) is 0 Å². The van der Waals surface area contributed by atoms with Crippen molar-refractivity contribution in [2.24, 2.45) is 69.5 Å². The van der Waals surface area contributed by atoms with E-state index in [0.29, 0.717) is 6.42 Å². The first kappa shape index (κ1) is 35.6. The van der Waals surface area contributed by atoms with Gasteiger partial charge in [-0.05, 0) is 62.9 Å². The number of carbonyl (C=O) groups excluding carboxylic acids is 5. The number of ketones is 1. The van der Waals surface area contributed by atoms with Crippen molar-refractivity contribution in [2.75, 3.05) is 0 Å². The Labute approximate surface area is 292 Å². The molecule has 0 radical (unpaired) electrons. The highest BCUT2D eigenvalue weighted by atomic mass is 16.6. The third kappa shape index (κ3) is 4.36. The minimum absolute atomic E-state index is 0.0101. The SMILES string of the molecule is CC(=O)O[C@@H]1[C@H]2[C@H]3C(C[C@H](OC(C)=O)[C@]2(C)[C@@H]2[C@@H]1[C@]1(C)C(=C[C@H]2C)OC(=O)[C@@]1(C)O)[C@]1(C)[C@H](C[C@@]2(O)C[C@@H]2[C@@H]1OC(=O)CC(C)C)C(=O)[C@@H]3O. The van der Waals surface area contributed by atoms with E-state index >= 15 is 0 Å². The van der Waals surface area contributed by atoms with Crippen LogP contribution in [0.2, 0.25) is 0 Å². The topological polar surface area (TPSA) is 183 Å². The molecule has 1 heterocycles. The molecule has 0 spiro atoms. The molecule has 276 valence electrons. The Morgan fingerprint density at radius 1 is 0.920 bits per heavy atom. The van der Waals surface area contributed by atoms with E-state index in [-0.39, 0.29) is 36.9 Å². The van der Waals surface area contributed by atoms with Crippen LogP contribution in [0.5, 0.6) is 0 Å². The zero-order valence-electron chi connectivity index (χ0n) is 30.4. The predicted molar refractivity (Wildman–Crippen MR) is 173 cm³/mol. The Morgan fingerprint density at radius 2 is 1.56 bits per heavy atom. The fraction of sp³-hybridized carbons (Fsp3) is 0.816. The second kappa shape index (κ2) is 10.9. The van der Waals surface area contributed by atoms with Crippen LogP contribution in [-0.2, 0) is 42.9 Å². The Kier molecular flexibility index (Phi) is 7.72. The van der Waals surface area contributed by atoms with Gasteiger partial charge in [0, 0.05) is 60.7 Å². The summed E-state index contributed by atoms with van der Waals surface area (Å²) in [6.45, 7) is 15.3. The fourth-order valence-corrected chi connectivity index (χ4v) is 12.7. The summed E-state index contributed by atoms with van der Waals surface area (Å²) in [7, 11) is 0. The van der Waals surface area contributed by atoms with Crippen LogP contribution in [0.4, 0.5) is 0 Å². The van der Waals surface area contributed by atoms with Crippen molar-refractivity contribution in [3.63, 3.8) is 0 Å². The first-order chi connectivity index (χ1) is 23.1. The number of carbonyl (C=O) groups is 5. The summed E-state index contributed by atoms with van der Waals surface area (Å²) in [6, 6.07) is 0. The van der Waals surface area contributed by atoms with Gasteiger partial charge in [0.05, 0.1) is 11.0 Å². The molecule has 0 aromatic rings. The number of fused-ring (bicyclic) bond motifs is 10. The van der Waals surface area contributed by atoms with Gasteiger partial charge in [-0.15, -0.1) is 0 Å². The maximum Gasteiger partial charge on any atom is 0.343 e. The quantitative estimate of drug-likeness (QED) is 0.282. The average Bonchev–Trinajstić information content (AvgIpc) is 3.54. The lowest BCUT2D eigenvalue weighted by Crippen LogP contribution is -2.70. The summed E-state index contributed by atoms with van der Waals surface area (Å²) in [6.07, 6.45) is -1.63. The zero-order chi connectivity index (χ0) is 36.8. The van der Waals surface area contributed by atoms with Gasteiger partial charge in [0.1, 0.15) is 30.2 Å².